The number of carboxylic acid groups (broad SMARTS) is 1. The molecule has 0 spiro atoms. The summed E-state index contributed by atoms with van der Waals surface area (Å²) in [6.07, 6.45) is 6.31. The first-order chi connectivity index (χ1) is 7.22. The van der Waals surface area contributed by atoms with E-state index in [4.69, 9.17) is 9.84 Å². The topological polar surface area (TPSA) is 72.3 Å². The maximum atomic E-state index is 10.2. The van der Waals surface area contributed by atoms with Gasteiger partial charge in [0.25, 0.3) is 0 Å². The van der Waals surface area contributed by atoms with Crippen molar-refractivity contribution >= 4 is 12.0 Å². The van der Waals surface area contributed by atoms with Gasteiger partial charge < -0.3 is 9.84 Å². The molecule has 0 saturated heterocycles. The number of hydrogen-bond acceptors (Lipinski definition) is 4. The van der Waals surface area contributed by atoms with Gasteiger partial charge in [-0.1, -0.05) is 0 Å². The summed E-state index contributed by atoms with van der Waals surface area (Å²) < 4.78 is 4.88. The lowest BCUT2D eigenvalue weighted by molar-refractivity contribution is -0.131. The molecule has 0 radical (unpaired) electrons. The molecule has 0 aromatic carbocycles. The molecule has 1 heterocycles. The fraction of sp³-hybridized carbons (Fsp3) is 0.300. The van der Waals surface area contributed by atoms with Gasteiger partial charge in [0.1, 0.15) is 5.82 Å². The number of ether oxygens (including phenoxy) is 1. The van der Waals surface area contributed by atoms with Crippen molar-refractivity contribution in [3.05, 3.63) is 29.9 Å². The van der Waals surface area contributed by atoms with E-state index in [1.807, 2.05) is 0 Å². The predicted molar refractivity (Wildman–Crippen MR) is 54.3 cm³/mol. The summed E-state index contributed by atoms with van der Waals surface area (Å²) in [5.74, 6) is -0.303. The van der Waals surface area contributed by atoms with Crippen molar-refractivity contribution in [3.8, 4) is 0 Å². The summed E-state index contributed by atoms with van der Waals surface area (Å²) in [6.45, 7) is 0.574. The van der Waals surface area contributed by atoms with Crippen LogP contribution in [0.4, 0.5) is 0 Å². The lowest BCUT2D eigenvalue weighted by atomic mass is 10.3. The molecular weight excluding hydrogens is 196 g/mol. The van der Waals surface area contributed by atoms with Crippen molar-refractivity contribution in [3.63, 3.8) is 0 Å². The molecule has 15 heavy (non-hydrogen) atoms. The Balaban J connectivity index is 2.60. The highest BCUT2D eigenvalue weighted by atomic mass is 16.5. The number of methoxy groups -OCH3 is 1. The molecule has 0 fully saturated rings. The van der Waals surface area contributed by atoms with Crippen LogP contribution >= 0.6 is 0 Å². The highest BCUT2D eigenvalue weighted by Crippen LogP contribution is 1.99. The van der Waals surface area contributed by atoms with Crippen LogP contribution in [0.25, 0.3) is 6.08 Å². The maximum absolute atomic E-state index is 10.2. The molecule has 1 aromatic rings. The van der Waals surface area contributed by atoms with Gasteiger partial charge in [0, 0.05) is 37.6 Å². The molecule has 5 nitrogen and oxygen atoms in total. The van der Waals surface area contributed by atoms with Gasteiger partial charge in [-0.05, 0) is 6.08 Å². The number of aliphatic carboxylic acids is 1. The number of aromatic nitrogens is 2. The first-order valence-corrected chi connectivity index (χ1v) is 4.43. The van der Waals surface area contributed by atoms with E-state index in [0.717, 1.165) is 6.08 Å². The minimum absolute atomic E-state index is 0.574. The molecule has 0 aliphatic heterocycles. The van der Waals surface area contributed by atoms with Gasteiger partial charge in [0.05, 0.1) is 6.61 Å². The van der Waals surface area contributed by atoms with Crippen LogP contribution in [0.5, 0.6) is 0 Å². The zero-order valence-electron chi connectivity index (χ0n) is 8.38. The molecule has 0 atom stereocenters. The van der Waals surface area contributed by atoms with Crippen LogP contribution in [0.1, 0.15) is 11.4 Å². The Kier molecular flexibility index (Phi) is 4.43. The first-order valence-electron chi connectivity index (χ1n) is 4.43. The molecule has 80 valence electrons. The van der Waals surface area contributed by atoms with Crippen molar-refractivity contribution in [1.82, 2.24) is 9.97 Å². The van der Waals surface area contributed by atoms with Crippen LogP contribution in [-0.2, 0) is 16.0 Å². The molecule has 0 aliphatic carbocycles. The third-order valence-electron chi connectivity index (χ3n) is 1.67. The van der Waals surface area contributed by atoms with Crippen molar-refractivity contribution in [2.24, 2.45) is 0 Å². The lowest BCUT2D eigenvalue weighted by Crippen LogP contribution is -2.00. The fourth-order valence-electron chi connectivity index (χ4n) is 0.941. The highest BCUT2D eigenvalue weighted by Gasteiger charge is 1.96. The number of carbonyl (C=O) groups is 1. The number of hydrogen-bond donors (Lipinski definition) is 1. The Morgan fingerprint density at radius 2 is 2.20 bits per heavy atom. The van der Waals surface area contributed by atoms with E-state index in [1.165, 1.54) is 6.08 Å². The Hall–Kier alpha value is -1.75. The smallest absolute Gasteiger partial charge is 0.328 e. The van der Waals surface area contributed by atoms with E-state index >= 15 is 0 Å². The molecule has 0 saturated carbocycles. The third-order valence-corrected chi connectivity index (χ3v) is 1.67. The summed E-state index contributed by atoms with van der Waals surface area (Å²) in [5, 5.41) is 8.40. The second-order valence-corrected chi connectivity index (χ2v) is 2.85. The van der Waals surface area contributed by atoms with Gasteiger partial charge in [0.2, 0.25) is 0 Å². The summed E-state index contributed by atoms with van der Waals surface area (Å²) in [4.78, 5) is 18.4. The van der Waals surface area contributed by atoms with E-state index < -0.39 is 5.97 Å². The molecule has 0 bridgehead atoms. The second-order valence-electron chi connectivity index (χ2n) is 2.85. The van der Waals surface area contributed by atoms with Gasteiger partial charge in [-0.3, -0.25) is 0 Å². The van der Waals surface area contributed by atoms with E-state index in [1.54, 1.807) is 19.5 Å². The van der Waals surface area contributed by atoms with Gasteiger partial charge in [-0.2, -0.15) is 0 Å². The highest BCUT2D eigenvalue weighted by molar-refractivity contribution is 5.85. The number of nitrogens with zero attached hydrogens (tertiary/aromatic N) is 2. The Morgan fingerprint density at radius 1 is 1.53 bits per heavy atom. The summed E-state index contributed by atoms with van der Waals surface area (Å²) in [5.41, 5.74) is 0.665. The third kappa shape index (κ3) is 4.33. The number of carboxylic acids is 1. The molecule has 0 unspecified atom stereocenters. The van der Waals surface area contributed by atoms with Crippen LogP contribution in [0.3, 0.4) is 0 Å². The molecule has 0 aliphatic rings. The van der Waals surface area contributed by atoms with E-state index in [9.17, 15) is 4.79 Å². The van der Waals surface area contributed by atoms with Crippen LogP contribution in [-0.4, -0.2) is 34.8 Å². The van der Waals surface area contributed by atoms with E-state index in [2.05, 4.69) is 9.97 Å². The molecular formula is C10H12N2O3. The van der Waals surface area contributed by atoms with Crippen molar-refractivity contribution < 1.29 is 14.6 Å². The summed E-state index contributed by atoms with van der Waals surface area (Å²) in [7, 11) is 1.62. The maximum Gasteiger partial charge on any atom is 0.328 e. The van der Waals surface area contributed by atoms with Gasteiger partial charge in [0.15, 0.2) is 0 Å². The molecule has 0 amide bonds. The summed E-state index contributed by atoms with van der Waals surface area (Å²) >= 11 is 0. The lowest BCUT2D eigenvalue weighted by Gasteiger charge is -1.98. The number of rotatable bonds is 5. The van der Waals surface area contributed by atoms with Crippen LogP contribution in [0, 0.1) is 0 Å². The minimum Gasteiger partial charge on any atom is -0.478 e. The quantitative estimate of drug-likeness (QED) is 0.723. The molecule has 1 aromatic heterocycles. The largest absolute Gasteiger partial charge is 0.478 e. The normalized spacial score (nSPS) is 10.7. The minimum atomic E-state index is -0.988. The van der Waals surface area contributed by atoms with E-state index in [0.29, 0.717) is 24.4 Å². The van der Waals surface area contributed by atoms with Crippen LogP contribution in [0.15, 0.2) is 18.5 Å². The van der Waals surface area contributed by atoms with Crippen molar-refractivity contribution in [1.29, 1.82) is 0 Å². The Morgan fingerprint density at radius 3 is 2.73 bits per heavy atom. The predicted octanol–water partition coefficient (Wildman–Crippen LogP) is 0.763. The average molecular weight is 208 g/mol. The Labute approximate surface area is 87.4 Å². The van der Waals surface area contributed by atoms with Gasteiger partial charge >= 0.3 is 5.97 Å². The van der Waals surface area contributed by atoms with Crippen LogP contribution < -0.4 is 0 Å². The standard InChI is InChI=1S/C10H12N2O3/c1-15-5-4-9-11-6-8(7-12-9)2-3-10(13)14/h2-3,6-7H,4-5H2,1H3,(H,13,14)/b3-2+. The van der Waals surface area contributed by atoms with E-state index in [-0.39, 0.29) is 0 Å². The average Bonchev–Trinajstić information content (AvgIpc) is 2.25. The van der Waals surface area contributed by atoms with Crippen molar-refractivity contribution in [2.45, 2.75) is 6.42 Å². The van der Waals surface area contributed by atoms with Crippen molar-refractivity contribution in [2.75, 3.05) is 13.7 Å². The second kappa shape index (κ2) is 5.87. The fourth-order valence-corrected chi connectivity index (χ4v) is 0.941. The monoisotopic (exact) mass is 208 g/mol. The Bertz CT molecular complexity index is 346. The molecule has 5 heteroatoms. The first kappa shape index (κ1) is 11.3. The van der Waals surface area contributed by atoms with Gasteiger partial charge in [-0.25, -0.2) is 14.8 Å². The zero-order valence-corrected chi connectivity index (χ0v) is 8.38. The SMILES string of the molecule is COCCc1ncc(/C=C/C(=O)O)cn1. The van der Waals surface area contributed by atoms with Gasteiger partial charge in [-0.15, -0.1) is 0 Å². The molecule has 1 rings (SSSR count). The van der Waals surface area contributed by atoms with Crippen LogP contribution in [0.2, 0.25) is 0 Å². The molecule has 1 N–H and O–H groups in total. The summed E-state index contributed by atoms with van der Waals surface area (Å²) in [6, 6.07) is 0. The zero-order chi connectivity index (χ0) is 11.1.